The first-order valence-electron chi connectivity index (χ1n) is 8.30. The molecule has 128 valence electrons. The first-order valence-corrected chi connectivity index (χ1v) is 8.30. The van der Waals surface area contributed by atoms with Crippen molar-refractivity contribution < 1.29 is 4.74 Å². The largest absolute Gasteiger partial charge is 0.383 e. The summed E-state index contributed by atoms with van der Waals surface area (Å²) < 4.78 is 5.09. The zero-order valence-corrected chi connectivity index (χ0v) is 14.3. The lowest BCUT2D eigenvalue weighted by Crippen LogP contribution is -2.11. The van der Waals surface area contributed by atoms with Crippen LogP contribution in [0.4, 0.5) is 11.6 Å². The molecule has 0 saturated heterocycles. The maximum Gasteiger partial charge on any atom is 0.163 e. The van der Waals surface area contributed by atoms with E-state index in [2.05, 4.69) is 32.7 Å². The van der Waals surface area contributed by atoms with Gasteiger partial charge in [0, 0.05) is 31.8 Å². The molecule has 0 unspecified atom stereocenters. The number of nitrogens with one attached hydrogen (secondary N) is 2. The van der Waals surface area contributed by atoms with Crippen LogP contribution in [0.5, 0.6) is 0 Å². The van der Waals surface area contributed by atoms with E-state index in [-0.39, 0.29) is 0 Å². The van der Waals surface area contributed by atoms with Gasteiger partial charge in [0.15, 0.2) is 5.82 Å². The van der Waals surface area contributed by atoms with Crippen LogP contribution < -0.4 is 10.6 Å². The van der Waals surface area contributed by atoms with Crippen molar-refractivity contribution in [1.29, 1.82) is 0 Å². The molecule has 1 heterocycles. The molecule has 1 aromatic heterocycles. The predicted octanol–water partition coefficient (Wildman–Crippen LogP) is 3.81. The molecular formula is C20H22N4O. The number of anilines is 2. The van der Waals surface area contributed by atoms with Crippen LogP contribution in [-0.2, 0) is 11.3 Å². The molecule has 3 rings (SSSR count). The normalized spacial score (nSPS) is 10.4. The Kier molecular flexibility index (Phi) is 5.96. The summed E-state index contributed by atoms with van der Waals surface area (Å²) >= 11 is 0. The number of hydrogen-bond donors (Lipinski definition) is 2. The lowest BCUT2D eigenvalue weighted by atomic mass is 10.2. The van der Waals surface area contributed by atoms with E-state index in [1.165, 1.54) is 5.56 Å². The molecule has 0 saturated carbocycles. The molecular weight excluding hydrogens is 312 g/mol. The summed E-state index contributed by atoms with van der Waals surface area (Å²) in [7, 11) is 1.68. The fourth-order valence-corrected chi connectivity index (χ4v) is 2.41. The fourth-order valence-electron chi connectivity index (χ4n) is 2.41. The van der Waals surface area contributed by atoms with Crippen molar-refractivity contribution in [3.8, 4) is 11.4 Å². The van der Waals surface area contributed by atoms with Crippen LogP contribution >= 0.6 is 0 Å². The SMILES string of the molecule is COCCNc1cc(NCc2ccccc2)nc(-c2ccccc2)n1. The highest BCUT2D eigenvalue weighted by Gasteiger charge is 2.07. The third-order valence-electron chi connectivity index (χ3n) is 3.69. The number of aromatic nitrogens is 2. The Bertz CT molecular complexity index is 778. The number of benzene rings is 2. The summed E-state index contributed by atoms with van der Waals surface area (Å²) in [6.45, 7) is 2.03. The average Bonchev–Trinajstić information content (AvgIpc) is 2.68. The van der Waals surface area contributed by atoms with Crippen molar-refractivity contribution in [2.45, 2.75) is 6.54 Å². The minimum Gasteiger partial charge on any atom is -0.383 e. The molecule has 2 aromatic carbocycles. The predicted molar refractivity (Wildman–Crippen MR) is 102 cm³/mol. The van der Waals surface area contributed by atoms with Crippen molar-refractivity contribution in [2.24, 2.45) is 0 Å². The summed E-state index contributed by atoms with van der Waals surface area (Å²) in [5, 5.41) is 6.66. The van der Waals surface area contributed by atoms with Crippen LogP contribution in [0.1, 0.15) is 5.56 Å². The van der Waals surface area contributed by atoms with Crippen LogP contribution in [0, 0.1) is 0 Å². The summed E-state index contributed by atoms with van der Waals surface area (Å²) in [5.41, 5.74) is 2.19. The van der Waals surface area contributed by atoms with E-state index in [0.29, 0.717) is 25.5 Å². The van der Waals surface area contributed by atoms with E-state index >= 15 is 0 Å². The van der Waals surface area contributed by atoms with E-state index in [1.54, 1.807) is 7.11 Å². The van der Waals surface area contributed by atoms with Gasteiger partial charge in [-0.1, -0.05) is 60.7 Å². The third kappa shape index (κ3) is 5.02. The molecule has 5 heteroatoms. The van der Waals surface area contributed by atoms with Gasteiger partial charge in [-0.3, -0.25) is 0 Å². The molecule has 25 heavy (non-hydrogen) atoms. The summed E-state index contributed by atoms with van der Waals surface area (Å²) in [5.74, 6) is 2.26. The Labute approximate surface area is 148 Å². The second-order valence-corrected chi connectivity index (χ2v) is 5.59. The lowest BCUT2D eigenvalue weighted by molar-refractivity contribution is 0.210. The van der Waals surface area contributed by atoms with Gasteiger partial charge in [0.05, 0.1) is 6.61 Å². The van der Waals surface area contributed by atoms with E-state index < -0.39 is 0 Å². The first-order chi connectivity index (χ1) is 12.3. The molecule has 0 amide bonds. The van der Waals surface area contributed by atoms with Crippen molar-refractivity contribution in [3.05, 3.63) is 72.3 Å². The van der Waals surface area contributed by atoms with Gasteiger partial charge in [0.2, 0.25) is 0 Å². The number of ether oxygens (including phenoxy) is 1. The quantitative estimate of drug-likeness (QED) is 0.613. The highest BCUT2D eigenvalue weighted by Crippen LogP contribution is 2.20. The molecule has 0 aliphatic carbocycles. The second-order valence-electron chi connectivity index (χ2n) is 5.59. The minimum atomic E-state index is 0.622. The van der Waals surface area contributed by atoms with Gasteiger partial charge in [-0.2, -0.15) is 0 Å². The van der Waals surface area contributed by atoms with E-state index in [0.717, 1.165) is 17.2 Å². The summed E-state index contributed by atoms with van der Waals surface area (Å²) in [6, 6.07) is 22.2. The van der Waals surface area contributed by atoms with Gasteiger partial charge in [-0.25, -0.2) is 9.97 Å². The zero-order valence-electron chi connectivity index (χ0n) is 14.3. The smallest absolute Gasteiger partial charge is 0.163 e. The van der Waals surface area contributed by atoms with Crippen molar-refractivity contribution in [3.63, 3.8) is 0 Å². The molecule has 5 nitrogen and oxygen atoms in total. The minimum absolute atomic E-state index is 0.622. The van der Waals surface area contributed by atoms with E-state index in [1.807, 2.05) is 54.6 Å². The second kappa shape index (κ2) is 8.80. The van der Waals surface area contributed by atoms with Gasteiger partial charge in [-0.15, -0.1) is 0 Å². The van der Waals surface area contributed by atoms with Crippen LogP contribution in [0.3, 0.4) is 0 Å². The van der Waals surface area contributed by atoms with Gasteiger partial charge < -0.3 is 15.4 Å². The van der Waals surface area contributed by atoms with Crippen LogP contribution in [0.25, 0.3) is 11.4 Å². The Balaban J connectivity index is 1.81. The highest BCUT2D eigenvalue weighted by atomic mass is 16.5. The molecule has 0 fully saturated rings. The van der Waals surface area contributed by atoms with Crippen molar-refractivity contribution in [1.82, 2.24) is 9.97 Å². The average molecular weight is 334 g/mol. The van der Waals surface area contributed by atoms with Crippen molar-refractivity contribution >= 4 is 11.6 Å². The third-order valence-corrected chi connectivity index (χ3v) is 3.69. The maximum absolute atomic E-state index is 5.09. The first kappa shape index (κ1) is 16.9. The number of rotatable bonds is 8. The Morgan fingerprint density at radius 2 is 1.48 bits per heavy atom. The van der Waals surface area contributed by atoms with Gasteiger partial charge in [-0.05, 0) is 5.56 Å². The van der Waals surface area contributed by atoms with E-state index in [4.69, 9.17) is 4.74 Å². The monoisotopic (exact) mass is 334 g/mol. The highest BCUT2D eigenvalue weighted by molar-refractivity contribution is 5.61. The molecule has 0 aliphatic heterocycles. The van der Waals surface area contributed by atoms with Gasteiger partial charge in [0.25, 0.3) is 0 Å². The van der Waals surface area contributed by atoms with Crippen LogP contribution in [0.15, 0.2) is 66.7 Å². The molecule has 0 spiro atoms. The Morgan fingerprint density at radius 3 is 2.16 bits per heavy atom. The van der Waals surface area contributed by atoms with Crippen LogP contribution in [-0.4, -0.2) is 30.2 Å². The van der Waals surface area contributed by atoms with Gasteiger partial charge >= 0.3 is 0 Å². The van der Waals surface area contributed by atoms with Crippen molar-refractivity contribution in [2.75, 3.05) is 30.9 Å². The molecule has 0 bridgehead atoms. The lowest BCUT2D eigenvalue weighted by Gasteiger charge is -2.11. The van der Waals surface area contributed by atoms with Gasteiger partial charge in [0.1, 0.15) is 11.6 Å². The summed E-state index contributed by atoms with van der Waals surface area (Å²) in [6.07, 6.45) is 0. The zero-order chi connectivity index (χ0) is 17.3. The number of methoxy groups -OCH3 is 1. The fraction of sp³-hybridized carbons (Fsp3) is 0.200. The van der Waals surface area contributed by atoms with E-state index in [9.17, 15) is 0 Å². The Hall–Kier alpha value is -2.92. The molecule has 0 atom stereocenters. The maximum atomic E-state index is 5.09. The molecule has 0 aliphatic rings. The molecule has 2 N–H and O–H groups in total. The standard InChI is InChI=1S/C20H22N4O/c1-25-13-12-21-18-14-19(22-15-16-8-4-2-5-9-16)24-20(23-18)17-10-6-3-7-11-17/h2-11,14H,12-13,15H2,1H3,(H2,21,22,23,24). The van der Waals surface area contributed by atoms with Crippen LogP contribution in [0.2, 0.25) is 0 Å². The Morgan fingerprint density at radius 1 is 0.840 bits per heavy atom. The number of hydrogen-bond acceptors (Lipinski definition) is 5. The molecule has 3 aromatic rings. The number of nitrogens with zero attached hydrogens (tertiary/aromatic N) is 2. The summed E-state index contributed by atoms with van der Waals surface area (Å²) in [4.78, 5) is 9.27. The topological polar surface area (TPSA) is 59.1 Å². The molecule has 0 radical (unpaired) electrons.